The molecule has 1 aliphatic rings. The number of allylic oxidation sites excluding steroid dienone is 2. The molecule has 0 fully saturated rings. The van der Waals surface area contributed by atoms with Crippen LogP contribution >= 0.6 is 7.81 Å². The number of nitrogens with zero attached hydrogens (tertiary/aromatic N) is 1. The van der Waals surface area contributed by atoms with Gasteiger partial charge in [0.15, 0.2) is 18.1 Å². The number of aromatic nitrogens is 1. The summed E-state index contributed by atoms with van der Waals surface area (Å²) in [6, 6.07) is 6.05. The van der Waals surface area contributed by atoms with E-state index in [-0.39, 0.29) is 11.9 Å². The van der Waals surface area contributed by atoms with Gasteiger partial charge >= 0.3 is 39.0 Å². The number of hydrogen-bond acceptors (Lipinski definition) is 2. The molecular weight excluding hydrogens is 359 g/mol. The molecule has 1 aromatic heterocycles. The Morgan fingerprint density at radius 3 is 2.04 bits per heavy atom. The van der Waals surface area contributed by atoms with Crippen molar-refractivity contribution in [3.8, 4) is 0 Å². The van der Waals surface area contributed by atoms with Crippen molar-refractivity contribution in [1.82, 2.24) is 0 Å². The number of rotatable bonds is 2. The summed E-state index contributed by atoms with van der Waals surface area (Å²) < 4.78 is 66.1. The second-order valence-electron chi connectivity index (χ2n) is 5.43. The Kier molecular flexibility index (Phi) is 5.40. The molecule has 1 heterocycles. The van der Waals surface area contributed by atoms with Crippen molar-refractivity contribution >= 4 is 19.5 Å². The third-order valence-corrected chi connectivity index (χ3v) is 3.34. The van der Waals surface area contributed by atoms with E-state index in [1.165, 1.54) is 18.4 Å². The monoisotopic (exact) mass is 377 g/mol. The molecule has 3 nitrogen and oxygen atoms in total. The number of halogens is 6. The van der Waals surface area contributed by atoms with Gasteiger partial charge < -0.3 is 4.74 Å². The van der Waals surface area contributed by atoms with Crippen LogP contribution in [0, 0.1) is 5.92 Å². The van der Waals surface area contributed by atoms with Crippen LogP contribution in [0.25, 0.3) is 5.70 Å². The van der Waals surface area contributed by atoms with Gasteiger partial charge in [0.2, 0.25) is 0 Å². The van der Waals surface area contributed by atoms with Crippen molar-refractivity contribution in [2.45, 2.75) is 26.2 Å². The average Bonchev–Trinajstić information content (AvgIpc) is 2.44. The van der Waals surface area contributed by atoms with Crippen LogP contribution < -0.4 is 4.57 Å². The SMILES string of the molecule is COC(=O)C1CCC([n+]2ccccc2)=C(C)C1.F[P-](F)(F)(F)(F)F. The van der Waals surface area contributed by atoms with E-state index in [9.17, 15) is 30.0 Å². The third kappa shape index (κ3) is 8.86. The molecule has 0 spiro atoms. The summed E-state index contributed by atoms with van der Waals surface area (Å²) in [4.78, 5) is 11.5. The van der Waals surface area contributed by atoms with Gasteiger partial charge in [-0.3, -0.25) is 4.79 Å². The molecule has 0 saturated carbocycles. The van der Waals surface area contributed by atoms with Crippen LogP contribution in [0.5, 0.6) is 0 Å². The number of hydrogen-bond donors (Lipinski definition) is 0. The van der Waals surface area contributed by atoms with E-state index in [1.54, 1.807) is 0 Å². The number of carbonyl (C=O) groups excluding carboxylic acids is 1. The maximum atomic E-state index is 11.5. The fourth-order valence-electron chi connectivity index (χ4n) is 2.41. The molecule has 0 N–H and O–H groups in total. The molecule has 1 atom stereocenters. The Morgan fingerprint density at radius 1 is 1.12 bits per heavy atom. The maximum absolute atomic E-state index is 11.5. The van der Waals surface area contributed by atoms with E-state index in [4.69, 9.17) is 4.74 Å². The summed E-state index contributed by atoms with van der Waals surface area (Å²) in [7, 11) is -9.20. The predicted molar refractivity (Wildman–Crippen MR) is 78.5 cm³/mol. The van der Waals surface area contributed by atoms with Gasteiger partial charge in [0.25, 0.3) is 0 Å². The minimum absolute atomic E-state index is 0.0352. The number of carbonyl (C=O) groups is 1. The van der Waals surface area contributed by atoms with Crippen LogP contribution in [0.3, 0.4) is 0 Å². The molecule has 0 aliphatic heterocycles. The Labute approximate surface area is 135 Å². The number of ether oxygens (including phenoxy) is 1. The van der Waals surface area contributed by atoms with E-state index in [2.05, 4.69) is 23.9 Å². The van der Waals surface area contributed by atoms with Crippen molar-refractivity contribution in [3.05, 3.63) is 36.2 Å². The molecular formula is C14H18F6NO2P. The molecule has 0 saturated heterocycles. The zero-order valence-corrected chi connectivity index (χ0v) is 14.0. The molecule has 0 radical (unpaired) electrons. The van der Waals surface area contributed by atoms with Gasteiger partial charge in [-0.1, -0.05) is 6.07 Å². The van der Waals surface area contributed by atoms with Gasteiger partial charge in [0, 0.05) is 18.6 Å². The molecule has 0 aromatic carbocycles. The van der Waals surface area contributed by atoms with Gasteiger partial charge in [-0.2, -0.15) is 4.57 Å². The minimum atomic E-state index is -10.7. The van der Waals surface area contributed by atoms with Crippen LogP contribution in [0.4, 0.5) is 25.2 Å². The molecule has 1 aromatic rings. The zero-order valence-electron chi connectivity index (χ0n) is 13.1. The standard InChI is InChI=1S/C14H18NO2.F6P/c1-11-10-12(14(16)17-2)6-7-13(11)15-8-4-3-5-9-15;1-7(2,3,4,5)6/h3-5,8-9,12H,6-7,10H2,1-2H3;/q+1;-1. The molecule has 0 amide bonds. The first kappa shape index (κ1) is 20.4. The fourth-order valence-corrected chi connectivity index (χ4v) is 2.41. The Morgan fingerprint density at radius 2 is 1.62 bits per heavy atom. The predicted octanol–water partition coefficient (Wildman–Crippen LogP) is 5.56. The number of esters is 1. The number of pyridine rings is 1. The second-order valence-corrected chi connectivity index (χ2v) is 7.35. The molecule has 138 valence electrons. The topological polar surface area (TPSA) is 30.2 Å². The summed E-state index contributed by atoms with van der Waals surface area (Å²) in [5.74, 6) is -0.0467. The molecule has 1 unspecified atom stereocenters. The van der Waals surface area contributed by atoms with Crippen LogP contribution in [-0.4, -0.2) is 13.1 Å². The van der Waals surface area contributed by atoms with Crippen molar-refractivity contribution in [2.24, 2.45) is 5.92 Å². The summed E-state index contributed by atoms with van der Waals surface area (Å²) in [5.41, 5.74) is 2.59. The van der Waals surface area contributed by atoms with Crippen molar-refractivity contribution < 1.29 is 39.3 Å². The van der Waals surface area contributed by atoms with E-state index >= 15 is 0 Å². The van der Waals surface area contributed by atoms with Crippen LogP contribution in [-0.2, 0) is 9.53 Å². The van der Waals surface area contributed by atoms with Crippen LogP contribution in [0.2, 0.25) is 0 Å². The van der Waals surface area contributed by atoms with Gasteiger partial charge in [-0.25, -0.2) is 0 Å². The van der Waals surface area contributed by atoms with E-state index in [0.717, 1.165) is 19.3 Å². The number of methoxy groups -OCH3 is 1. The summed E-state index contributed by atoms with van der Waals surface area (Å²) in [6.45, 7) is 2.10. The third-order valence-electron chi connectivity index (χ3n) is 3.34. The Bertz CT molecular complexity index is 616. The zero-order chi connectivity index (χ0) is 18.7. The molecule has 10 heteroatoms. The summed E-state index contributed by atoms with van der Waals surface area (Å²) in [6.07, 6.45) is 6.72. The van der Waals surface area contributed by atoms with Gasteiger partial charge in [0.05, 0.1) is 13.0 Å². The first-order valence-corrected chi connectivity index (χ1v) is 8.99. The van der Waals surface area contributed by atoms with Crippen molar-refractivity contribution in [3.63, 3.8) is 0 Å². The van der Waals surface area contributed by atoms with E-state index in [0.29, 0.717) is 0 Å². The summed E-state index contributed by atoms with van der Waals surface area (Å²) in [5, 5.41) is 0. The first-order valence-electron chi connectivity index (χ1n) is 6.97. The first-order chi connectivity index (χ1) is 10.7. The molecule has 24 heavy (non-hydrogen) atoms. The molecule has 2 rings (SSSR count). The van der Waals surface area contributed by atoms with Gasteiger partial charge in [-0.15, -0.1) is 0 Å². The van der Waals surface area contributed by atoms with Gasteiger partial charge in [0.1, 0.15) is 0 Å². The second kappa shape index (κ2) is 6.35. The normalized spacial score (nSPS) is 21.1. The van der Waals surface area contributed by atoms with E-state index < -0.39 is 7.81 Å². The molecule has 1 aliphatic carbocycles. The van der Waals surface area contributed by atoms with Crippen LogP contribution in [0.1, 0.15) is 26.2 Å². The Balaban J connectivity index is 0.000000351. The van der Waals surface area contributed by atoms with E-state index in [1.807, 2.05) is 18.2 Å². The average molecular weight is 377 g/mol. The van der Waals surface area contributed by atoms with Crippen molar-refractivity contribution in [2.75, 3.05) is 7.11 Å². The van der Waals surface area contributed by atoms with Crippen molar-refractivity contribution in [1.29, 1.82) is 0 Å². The van der Waals surface area contributed by atoms with Gasteiger partial charge in [-0.05, 0) is 25.3 Å². The Hall–Kier alpha value is -1.63. The quantitative estimate of drug-likeness (QED) is 0.292. The fraction of sp³-hybridized carbons (Fsp3) is 0.429. The molecule has 0 bridgehead atoms. The summed E-state index contributed by atoms with van der Waals surface area (Å²) >= 11 is 0. The van der Waals surface area contributed by atoms with Crippen LogP contribution in [0.15, 0.2) is 36.2 Å².